The Kier molecular flexibility index (Phi) is 6.39. The first-order valence-corrected chi connectivity index (χ1v) is 7.66. The van der Waals surface area contributed by atoms with Crippen LogP contribution in [0, 0.1) is 17.5 Å². The van der Waals surface area contributed by atoms with E-state index in [9.17, 15) is 35.9 Å². The van der Waals surface area contributed by atoms with E-state index in [0.717, 1.165) is 30.3 Å². The van der Waals surface area contributed by atoms with Crippen molar-refractivity contribution in [1.29, 1.82) is 0 Å². The van der Waals surface area contributed by atoms with Crippen molar-refractivity contribution >= 4 is 29.2 Å². The van der Waals surface area contributed by atoms with E-state index < -0.39 is 58.1 Å². The quantitative estimate of drug-likeness (QED) is 0.543. The van der Waals surface area contributed by atoms with Crippen LogP contribution in [-0.4, -0.2) is 23.7 Å². The Bertz CT molecular complexity index is 890. The number of amides is 3. The largest absolute Gasteiger partial charge is 0.444 e. The smallest absolute Gasteiger partial charge is 0.429 e. The minimum Gasteiger partial charge on any atom is -0.429 e. The molecule has 12 heteroatoms. The number of rotatable bonds is 5. The SMILES string of the molecule is O=C(NC(=O)c1c(F)cccc1F)Nc1ccc(OC(F)(F)C(F)Cl)cc1F. The fourth-order valence-corrected chi connectivity index (χ4v) is 1.94. The normalized spacial score (nSPS) is 12.2. The molecular formula is C16H9ClF6N2O3. The molecule has 28 heavy (non-hydrogen) atoms. The maximum atomic E-state index is 13.9. The molecule has 0 aliphatic rings. The highest BCUT2D eigenvalue weighted by Gasteiger charge is 2.42. The zero-order valence-electron chi connectivity index (χ0n) is 13.4. The highest BCUT2D eigenvalue weighted by molar-refractivity contribution is 6.20. The van der Waals surface area contributed by atoms with Gasteiger partial charge < -0.3 is 10.1 Å². The molecule has 0 spiro atoms. The van der Waals surface area contributed by atoms with Crippen molar-refractivity contribution in [2.45, 2.75) is 11.7 Å². The summed E-state index contributed by atoms with van der Waals surface area (Å²) in [7, 11) is 0. The molecule has 0 saturated carbocycles. The van der Waals surface area contributed by atoms with E-state index in [1.807, 2.05) is 5.32 Å². The monoisotopic (exact) mass is 426 g/mol. The van der Waals surface area contributed by atoms with Gasteiger partial charge in [-0.05, 0) is 24.3 Å². The highest BCUT2D eigenvalue weighted by atomic mass is 35.5. The Hall–Kier alpha value is -2.95. The van der Waals surface area contributed by atoms with Gasteiger partial charge in [-0.2, -0.15) is 8.78 Å². The van der Waals surface area contributed by atoms with Gasteiger partial charge in [0.05, 0.1) is 5.69 Å². The van der Waals surface area contributed by atoms with Crippen LogP contribution < -0.4 is 15.4 Å². The third-order valence-corrected chi connectivity index (χ3v) is 3.37. The summed E-state index contributed by atoms with van der Waals surface area (Å²) in [5, 5.41) is 3.40. The molecule has 0 heterocycles. The van der Waals surface area contributed by atoms with Crippen LogP contribution in [-0.2, 0) is 0 Å². The molecule has 1 unspecified atom stereocenters. The summed E-state index contributed by atoms with van der Waals surface area (Å²) in [5.41, 5.74) is -4.83. The van der Waals surface area contributed by atoms with Crippen LogP contribution in [0.4, 0.5) is 36.8 Å². The number of benzene rings is 2. The zero-order chi connectivity index (χ0) is 21.1. The molecule has 150 valence electrons. The number of hydrogen-bond acceptors (Lipinski definition) is 3. The molecule has 0 bridgehead atoms. The van der Waals surface area contributed by atoms with E-state index in [-0.39, 0.29) is 0 Å². The second-order valence-corrected chi connectivity index (χ2v) is 5.49. The number of nitrogens with one attached hydrogen (secondary N) is 2. The molecule has 0 saturated heterocycles. The summed E-state index contributed by atoms with van der Waals surface area (Å²) in [4.78, 5) is 23.5. The van der Waals surface area contributed by atoms with Crippen LogP contribution in [0.5, 0.6) is 5.75 Å². The van der Waals surface area contributed by atoms with E-state index >= 15 is 0 Å². The molecule has 0 aromatic heterocycles. The molecule has 5 nitrogen and oxygen atoms in total. The molecular weight excluding hydrogens is 418 g/mol. The molecule has 2 rings (SSSR count). The van der Waals surface area contributed by atoms with Gasteiger partial charge in [0.15, 0.2) is 0 Å². The van der Waals surface area contributed by atoms with E-state index in [1.54, 1.807) is 5.32 Å². The van der Waals surface area contributed by atoms with Crippen LogP contribution in [0.3, 0.4) is 0 Å². The number of hydrogen-bond donors (Lipinski definition) is 2. The second-order valence-electron chi connectivity index (χ2n) is 5.11. The Morgan fingerprint density at radius 1 is 1.04 bits per heavy atom. The summed E-state index contributed by atoms with van der Waals surface area (Å²) >= 11 is 4.59. The third-order valence-electron chi connectivity index (χ3n) is 3.11. The maximum absolute atomic E-state index is 13.9. The summed E-state index contributed by atoms with van der Waals surface area (Å²) in [6.07, 6.45) is -4.43. The average molecular weight is 427 g/mol. The first kappa shape index (κ1) is 21.4. The van der Waals surface area contributed by atoms with Crippen molar-refractivity contribution in [3.63, 3.8) is 0 Å². The molecule has 1 atom stereocenters. The van der Waals surface area contributed by atoms with Gasteiger partial charge in [0, 0.05) is 6.07 Å². The molecule has 2 aromatic carbocycles. The predicted octanol–water partition coefficient (Wildman–Crippen LogP) is 4.57. The fraction of sp³-hybridized carbons (Fsp3) is 0.125. The third kappa shape index (κ3) is 5.06. The van der Waals surface area contributed by atoms with Gasteiger partial charge in [-0.3, -0.25) is 10.1 Å². The Morgan fingerprint density at radius 3 is 2.18 bits per heavy atom. The Morgan fingerprint density at radius 2 is 1.64 bits per heavy atom. The topological polar surface area (TPSA) is 67.4 Å². The number of ether oxygens (including phenoxy) is 1. The van der Waals surface area contributed by atoms with Crippen molar-refractivity contribution in [1.82, 2.24) is 5.32 Å². The molecule has 0 aliphatic carbocycles. The Balaban J connectivity index is 2.07. The van der Waals surface area contributed by atoms with Gasteiger partial charge in [0.1, 0.15) is 28.8 Å². The fourth-order valence-electron chi connectivity index (χ4n) is 1.90. The molecule has 2 aromatic rings. The standard InChI is InChI=1S/C16H9ClF6N2O3/c17-14(21)16(22,23)28-7-4-5-11(10(20)6-7)24-15(27)25-13(26)12-8(18)2-1-3-9(12)19/h1-6,14H,(H2,24,25,26,27). The van der Waals surface area contributed by atoms with Crippen molar-refractivity contribution in [2.24, 2.45) is 0 Å². The highest BCUT2D eigenvalue weighted by Crippen LogP contribution is 2.30. The van der Waals surface area contributed by atoms with Crippen LogP contribution in [0.2, 0.25) is 0 Å². The number of carbonyl (C=O) groups is 2. The molecule has 0 radical (unpaired) electrons. The van der Waals surface area contributed by atoms with Crippen LogP contribution >= 0.6 is 11.6 Å². The first-order chi connectivity index (χ1) is 13.0. The number of urea groups is 1. The summed E-state index contributed by atoms with van der Waals surface area (Å²) in [6.45, 7) is 0. The van der Waals surface area contributed by atoms with E-state index in [1.165, 1.54) is 0 Å². The van der Waals surface area contributed by atoms with Crippen LogP contribution in [0.25, 0.3) is 0 Å². The summed E-state index contributed by atoms with van der Waals surface area (Å²) in [6, 6.07) is 3.11. The summed E-state index contributed by atoms with van der Waals surface area (Å²) < 4.78 is 83.2. The van der Waals surface area contributed by atoms with Crippen LogP contribution in [0.1, 0.15) is 10.4 Å². The van der Waals surface area contributed by atoms with Gasteiger partial charge in [0.2, 0.25) is 0 Å². The van der Waals surface area contributed by atoms with Crippen molar-refractivity contribution in [3.05, 3.63) is 59.4 Å². The van der Waals surface area contributed by atoms with Crippen molar-refractivity contribution in [3.8, 4) is 5.75 Å². The van der Waals surface area contributed by atoms with Gasteiger partial charge in [-0.25, -0.2) is 22.4 Å². The van der Waals surface area contributed by atoms with E-state index in [0.29, 0.717) is 6.07 Å². The summed E-state index contributed by atoms with van der Waals surface area (Å²) in [5.74, 6) is -6.00. The maximum Gasteiger partial charge on any atom is 0.444 e. The average Bonchev–Trinajstić information content (AvgIpc) is 2.56. The molecule has 2 N–H and O–H groups in total. The number of imide groups is 1. The van der Waals surface area contributed by atoms with Gasteiger partial charge in [-0.15, -0.1) is 0 Å². The number of halogens is 7. The second kappa shape index (κ2) is 8.38. The van der Waals surface area contributed by atoms with Crippen molar-refractivity contribution < 1.29 is 40.7 Å². The number of anilines is 1. The minimum atomic E-state index is -4.43. The Labute approximate surface area is 158 Å². The van der Waals surface area contributed by atoms with E-state index in [4.69, 9.17) is 0 Å². The lowest BCUT2D eigenvalue weighted by atomic mass is 10.2. The lowest BCUT2D eigenvalue weighted by molar-refractivity contribution is -0.199. The zero-order valence-corrected chi connectivity index (χ0v) is 14.2. The van der Waals surface area contributed by atoms with Crippen molar-refractivity contribution in [2.75, 3.05) is 5.32 Å². The molecule has 0 aliphatic heterocycles. The lowest BCUT2D eigenvalue weighted by Crippen LogP contribution is -2.35. The van der Waals surface area contributed by atoms with Crippen LogP contribution in [0.15, 0.2) is 36.4 Å². The molecule has 0 fully saturated rings. The van der Waals surface area contributed by atoms with Gasteiger partial charge in [0.25, 0.3) is 11.5 Å². The number of carbonyl (C=O) groups excluding carboxylic acids is 2. The van der Waals surface area contributed by atoms with Gasteiger partial charge >= 0.3 is 12.1 Å². The minimum absolute atomic E-state index is 0.390. The number of alkyl halides is 4. The lowest BCUT2D eigenvalue weighted by Gasteiger charge is -2.18. The van der Waals surface area contributed by atoms with E-state index in [2.05, 4.69) is 16.3 Å². The predicted molar refractivity (Wildman–Crippen MR) is 85.6 cm³/mol. The van der Waals surface area contributed by atoms with Gasteiger partial charge in [-0.1, -0.05) is 17.7 Å². The first-order valence-electron chi connectivity index (χ1n) is 7.22. The molecule has 3 amide bonds.